The molecule has 4 aromatic rings. The highest BCUT2D eigenvalue weighted by Gasteiger charge is 2.34. The summed E-state index contributed by atoms with van der Waals surface area (Å²) in [5.41, 5.74) is 2.80. The predicted molar refractivity (Wildman–Crippen MR) is 178 cm³/mol. The lowest BCUT2D eigenvalue weighted by atomic mass is 9.95. The summed E-state index contributed by atoms with van der Waals surface area (Å²) in [5.74, 6) is 1.33. The number of methoxy groups -OCH3 is 2. The summed E-state index contributed by atoms with van der Waals surface area (Å²) < 4.78 is 30.7. The van der Waals surface area contributed by atoms with Crippen LogP contribution in [0.25, 0.3) is 6.08 Å². The van der Waals surface area contributed by atoms with Crippen LogP contribution in [0.2, 0.25) is 0 Å². The van der Waals surface area contributed by atoms with Gasteiger partial charge in [0.25, 0.3) is 5.56 Å². The molecule has 1 aromatic heterocycles. The normalized spacial score (nSPS) is 14.3. The van der Waals surface area contributed by atoms with E-state index in [0.717, 1.165) is 0 Å². The maximum Gasteiger partial charge on any atom is 0.338 e. The molecule has 10 nitrogen and oxygen atoms in total. The van der Waals surface area contributed by atoms with Crippen LogP contribution >= 0.6 is 11.3 Å². The number of nitriles is 1. The fourth-order valence-electron chi connectivity index (χ4n) is 5.32. The van der Waals surface area contributed by atoms with Crippen molar-refractivity contribution in [2.45, 2.75) is 46.4 Å². The predicted octanol–water partition coefficient (Wildman–Crippen LogP) is 5.05. The van der Waals surface area contributed by atoms with Gasteiger partial charge in [-0.3, -0.25) is 9.36 Å². The molecule has 242 valence electrons. The summed E-state index contributed by atoms with van der Waals surface area (Å²) in [6, 6.07) is 19.3. The lowest BCUT2D eigenvalue weighted by Crippen LogP contribution is -2.40. The van der Waals surface area contributed by atoms with Gasteiger partial charge >= 0.3 is 5.97 Å². The number of nitrogens with zero attached hydrogens (tertiary/aromatic N) is 3. The zero-order chi connectivity index (χ0) is 33.7. The number of rotatable bonds is 11. The number of carbonyl (C=O) groups excluding carboxylic acids is 1. The van der Waals surface area contributed by atoms with E-state index in [9.17, 15) is 14.9 Å². The van der Waals surface area contributed by atoms with Crippen LogP contribution in [0.4, 0.5) is 0 Å². The zero-order valence-corrected chi connectivity index (χ0v) is 27.8. The van der Waals surface area contributed by atoms with Crippen molar-refractivity contribution in [3.8, 4) is 29.1 Å². The van der Waals surface area contributed by atoms with Crippen LogP contribution in [0, 0.1) is 11.3 Å². The average Bonchev–Trinajstić information content (AvgIpc) is 3.37. The summed E-state index contributed by atoms with van der Waals surface area (Å²) in [6.07, 6.45) is 1.63. The number of benzene rings is 3. The number of fused-ring (bicyclic) bond motifs is 1. The van der Waals surface area contributed by atoms with E-state index in [-0.39, 0.29) is 30.5 Å². The van der Waals surface area contributed by atoms with E-state index in [4.69, 9.17) is 23.7 Å². The topological polar surface area (TPSA) is 121 Å². The second-order valence-corrected chi connectivity index (χ2v) is 11.8. The minimum atomic E-state index is -0.835. The van der Waals surface area contributed by atoms with Gasteiger partial charge in [0, 0.05) is 11.1 Å². The third-order valence-electron chi connectivity index (χ3n) is 7.41. The Bertz CT molecular complexity index is 2070. The average molecular weight is 654 g/mol. The SMILES string of the molecule is CCOC(=O)C1=C(C)N=c2s/c(=C/c3cccc(OC)c3OCc3ccccc3C#N)c(=O)n2[C@H]1c1ccc(OC(C)C)c(OC)c1. The first kappa shape index (κ1) is 33.0. The van der Waals surface area contributed by atoms with E-state index in [1.807, 2.05) is 38.1 Å². The van der Waals surface area contributed by atoms with E-state index in [0.29, 0.717) is 60.3 Å². The highest BCUT2D eigenvalue weighted by Crippen LogP contribution is 2.37. The largest absolute Gasteiger partial charge is 0.493 e. The molecule has 0 saturated heterocycles. The number of para-hydroxylation sites is 1. The quantitative estimate of drug-likeness (QED) is 0.206. The van der Waals surface area contributed by atoms with Crippen molar-refractivity contribution >= 4 is 23.4 Å². The lowest BCUT2D eigenvalue weighted by Gasteiger charge is -2.25. The second-order valence-electron chi connectivity index (χ2n) is 10.8. The van der Waals surface area contributed by atoms with Gasteiger partial charge in [-0.25, -0.2) is 9.79 Å². The maximum absolute atomic E-state index is 14.3. The van der Waals surface area contributed by atoms with Gasteiger partial charge in [-0.1, -0.05) is 47.7 Å². The third kappa shape index (κ3) is 6.78. The molecule has 1 atom stereocenters. The Kier molecular flexibility index (Phi) is 10.1. The molecule has 1 aliphatic rings. The van der Waals surface area contributed by atoms with E-state index >= 15 is 0 Å². The molecule has 5 rings (SSSR count). The van der Waals surface area contributed by atoms with Crippen LogP contribution in [0.15, 0.2) is 81.7 Å². The van der Waals surface area contributed by atoms with Crippen LogP contribution in [0.3, 0.4) is 0 Å². The van der Waals surface area contributed by atoms with Gasteiger partial charge < -0.3 is 23.7 Å². The van der Waals surface area contributed by atoms with Crippen LogP contribution in [-0.4, -0.2) is 37.5 Å². The summed E-state index contributed by atoms with van der Waals surface area (Å²) in [6.45, 7) is 7.57. The Morgan fingerprint density at radius 2 is 1.83 bits per heavy atom. The van der Waals surface area contributed by atoms with Crippen LogP contribution in [-0.2, 0) is 16.1 Å². The fourth-order valence-corrected chi connectivity index (χ4v) is 6.36. The minimum Gasteiger partial charge on any atom is -0.493 e. The molecule has 1 aliphatic heterocycles. The molecular weight excluding hydrogens is 618 g/mol. The van der Waals surface area contributed by atoms with Gasteiger partial charge in [0.05, 0.1) is 60.4 Å². The van der Waals surface area contributed by atoms with Crippen LogP contribution in [0.1, 0.15) is 56.0 Å². The Morgan fingerprint density at radius 1 is 1.06 bits per heavy atom. The Balaban J connectivity index is 1.66. The molecule has 0 aliphatic carbocycles. The number of esters is 1. The highest BCUT2D eigenvalue weighted by molar-refractivity contribution is 7.07. The van der Waals surface area contributed by atoms with Crippen molar-refractivity contribution in [3.63, 3.8) is 0 Å². The van der Waals surface area contributed by atoms with Crippen molar-refractivity contribution < 1.29 is 28.5 Å². The number of aromatic nitrogens is 1. The molecule has 0 unspecified atom stereocenters. The maximum atomic E-state index is 14.3. The van der Waals surface area contributed by atoms with E-state index in [2.05, 4.69) is 11.1 Å². The summed E-state index contributed by atoms with van der Waals surface area (Å²) in [7, 11) is 3.08. The number of carbonyl (C=O) groups is 1. The van der Waals surface area contributed by atoms with Crippen molar-refractivity contribution in [1.82, 2.24) is 4.57 Å². The molecule has 3 aromatic carbocycles. The molecule has 0 bridgehead atoms. The van der Waals surface area contributed by atoms with E-state index < -0.39 is 12.0 Å². The summed E-state index contributed by atoms with van der Waals surface area (Å²) >= 11 is 1.20. The van der Waals surface area contributed by atoms with Crippen molar-refractivity contribution in [2.75, 3.05) is 20.8 Å². The van der Waals surface area contributed by atoms with E-state index in [1.54, 1.807) is 56.3 Å². The molecular formula is C36H35N3O7S. The molecule has 11 heteroatoms. The van der Waals surface area contributed by atoms with Crippen molar-refractivity contribution in [1.29, 1.82) is 5.26 Å². The highest BCUT2D eigenvalue weighted by atomic mass is 32.1. The number of ether oxygens (including phenoxy) is 5. The van der Waals surface area contributed by atoms with Gasteiger partial charge in [0.15, 0.2) is 27.8 Å². The van der Waals surface area contributed by atoms with Gasteiger partial charge in [-0.05, 0) is 63.6 Å². The molecule has 0 N–H and O–H groups in total. The Morgan fingerprint density at radius 3 is 2.53 bits per heavy atom. The monoisotopic (exact) mass is 653 g/mol. The first-order chi connectivity index (χ1) is 22.7. The lowest BCUT2D eigenvalue weighted by molar-refractivity contribution is -0.139. The van der Waals surface area contributed by atoms with Crippen LogP contribution < -0.4 is 33.8 Å². The summed E-state index contributed by atoms with van der Waals surface area (Å²) in [5, 5.41) is 9.53. The molecule has 0 radical (unpaired) electrons. The molecule has 0 amide bonds. The molecule has 2 heterocycles. The fraction of sp³-hybridized carbons (Fsp3) is 0.278. The number of hydrogen-bond donors (Lipinski definition) is 0. The van der Waals surface area contributed by atoms with E-state index in [1.165, 1.54) is 30.1 Å². The smallest absolute Gasteiger partial charge is 0.338 e. The second kappa shape index (κ2) is 14.4. The van der Waals surface area contributed by atoms with Crippen molar-refractivity contribution in [2.24, 2.45) is 4.99 Å². The molecule has 0 fully saturated rings. The molecule has 0 saturated carbocycles. The van der Waals surface area contributed by atoms with Gasteiger partial charge in [0.1, 0.15) is 6.61 Å². The number of allylic oxidation sites excluding steroid dienone is 1. The van der Waals surface area contributed by atoms with Crippen LogP contribution in [0.5, 0.6) is 23.0 Å². The molecule has 0 spiro atoms. The van der Waals surface area contributed by atoms with Gasteiger partial charge in [0.2, 0.25) is 0 Å². The molecule has 47 heavy (non-hydrogen) atoms. The zero-order valence-electron chi connectivity index (χ0n) is 27.0. The number of hydrogen-bond acceptors (Lipinski definition) is 10. The third-order valence-corrected chi connectivity index (χ3v) is 8.39. The first-order valence-electron chi connectivity index (χ1n) is 15.0. The Hall–Kier alpha value is -5.34. The van der Waals surface area contributed by atoms with Gasteiger partial charge in [-0.15, -0.1) is 0 Å². The van der Waals surface area contributed by atoms with Crippen molar-refractivity contribution in [3.05, 3.63) is 114 Å². The van der Waals surface area contributed by atoms with Gasteiger partial charge in [-0.2, -0.15) is 5.26 Å². The standard InChI is InChI=1S/C36H35N3O7S/c1-7-44-35(41)31-22(4)38-36-39(32(31)23-15-16-27(46-21(2)3)29(17-23)43-6)34(40)30(47-36)18-24-13-10-14-28(42-5)33(24)45-20-26-12-9-8-11-25(26)19-37/h8-18,21,32H,7,20H2,1-6H3/b30-18+/t32-/m0/s1. The number of thiazole rings is 1. The first-order valence-corrected chi connectivity index (χ1v) is 15.8. The Labute approximate surface area is 276 Å². The summed E-state index contributed by atoms with van der Waals surface area (Å²) in [4.78, 5) is 32.7. The minimum absolute atomic E-state index is 0.0868.